The predicted octanol–water partition coefficient (Wildman–Crippen LogP) is 1.91. The predicted molar refractivity (Wildman–Crippen MR) is 70.2 cm³/mol. The van der Waals surface area contributed by atoms with Gasteiger partial charge in [0, 0.05) is 25.0 Å². The van der Waals surface area contributed by atoms with E-state index >= 15 is 0 Å². The molecule has 0 heterocycles. The fourth-order valence-electron chi connectivity index (χ4n) is 2.06. The number of hydrogen-bond acceptors (Lipinski definition) is 4. The molecule has 4 unspecified atom stereocenters. The first-order valence-corrected chi connectivity index (χ1v) is 7.42. The molecule has 1 N–H and O–H groups in total. The summed E-state index contributed by atoms with van der Waals surface area (Å²) < 4.78 is 11.0. The largest absolute Gasteiger partial charge is 0.377 e. The summed E-state index contributed by atoms with van der Waals surface area (Å²) in [7, 11) is 1.77. The van der Waals surface area contributed by atoms with Crippen molar-refractivity contribution < 1.29 is 9.47 Å². The van der Waals surface area contributed by atoms with E-state index in [0.717, 1.165) is 24.8 Å². The number of ether oxygens (including phenoxy) is 2. The van der Waals surface area contributed by atoms with Gasteiger partial charge in [0.2, 0.25) is 0 Å². The third-order valence-corrected chi connectivity index (χ3v) is 4.30. The van der Waals surface area contributed by atoms with Gasteiger partial charge >= 0.3 is 0 Å². The second-order valence-electron chi connectivity index (χ2n) is 4.33. The maximum atomic E-state index is 5.59. The molecule has 1 aliphatic rings. The third kappa shape index (κ3) is 3.91. The Balaban J connectivity index is 2.14. The van der Waals surface area contributed by atoms with E-state index in [1.165, 1.54) is 6.42 Å². The minimum Gasteiger partial charge on any atom is -0.377 e. The van der Waals surface area contributed by atoms with E-state index in [2.05, 4.69) is 18.5 Å². The van der Waals surface area contributed by atoms with Gasteiger partial charge in [-0.15, -0.1) is 0 Å². The Hall–Kier alpha value is 0.230. The molecule has 1 aliphatic carbocycles. The van der Waals surface area contributed by atoms with Crippen LogP contribution in [-0.4, -0.2) is 50.0 Å². The lowest BCUT2D eigenvalue weighted by atomic mass is 9.85. The van der Waals surface area contributed by atoms with Gasteiger partial charge in [0.05, 0.1) is 12.2 Å². The number of nitrogens with one attached hydrogen (secondary N) is 1. The molecule has 0 saturated heterocycles. The van der Waals surface area contributed by atoms with Crippen molar-refractivity contribution in [2.75, 3.05) is 26.5 Å². The number of methoxy groups -OCH3 is 1. The summed E-state index contributed by atoms with van der Waals surface area (Å²) in [6.07, 6.45) is 5.00. The second-order valence-corrected chi connectivity index (χ2v) is 5.60. The zero-order chi connectivity index (χ0) is 12.0. The van der Waals surface area contributed by atoms with Gasteiger partial charge in [-0.2, -0.15) is 11.8 Å². The molecular weight excluding hydrogens is 222 g/mol. The highest BCUT2D eigenvalue weighted by Crippen LogP contribution is 2.26. The fourth-order valence-corrected chi connectivity index (χ4v) is 2.42. The number of rotatable bonds is 8. The summed E-state index contributed by atoms with van der Waals surface area (Å²) in [4.78, 5) is 0. The Morgan fingerprint density at radius 1 is 1.50 bits per heavy atom. The highest BCUT2D eigenvalue weighted by Gasteiger charge is 2.41. The van der Waals surface area contributed by atoms with Gasteiger partial charge in [-0.3, -0.25) is 0 Å². The van der Waals surface area contributed by atoms with Gasteiger partial charge in [-0.25, -0.2) is 0 Å². The lowest BCUT2D eigenvalue weighted by Crippen LogP contribution is -2.60. The summed E-state index contributed by atoms with van der Waals surface area (Å²) >= 11 is 1.92. The van der Waals surface area contributed by atoms with Gasteiger partial charge in [-0.05, 0) is 32.6 Å². The molecule has 3 nitrogen and oxygen atoms in total. The van der Waals surface area contributed by atoms with Crippen molar-refractivity contribution in [1.29, 1.82) is 0 Å². The van der Waals surface area contributed by atoms with Crippen molar-refractivity contribution in [2.45, 2.75) is 50.2 Å². The Kier molecular flexibility index (Phi) is 6.73. The van der Waals surface area contributed by atoms with E-state index in [9.17, 15) is 0 Å². The molecule has 4 heteroatoms. The monoisotopic (exact) mass is 247 g/mol. The average Bonchev–Trinajstić information content (AvgIpc) is 2.26. The summed E-state index contributed by atoms with van der Waals surface area (Å²) in [5, 5.41) is 4.29. The molecule has 0 spiro atoms. The zero-order valence-electron chi connectivity index (χ0n) is 10.9. The molecule has 0 aliphatic heterocycles. The topological polar surface area (TPSA) is 30.5 Å². The van der Waals surface area contributed by atoms with E-state index in [1.54, 1.807) is 7.11 Å². The van der Waals surface area contributed by atoms with Crippen LogP contribution in [0.25, 0.3) is 0 Å². The van der Waals surface area contributed by atoms with Crippen LogP contribution in [0.15, 0.2) is 0 Å². The molecule has 0 aromatic heterocycles. The van der Waals surface area contributed by atoms with Gasteiger partial charge in [0.25, 0.3) is 0 Å². The number of thioether (sulfide) groups is 1. The molecule has 96 valence electrons. The van der Waals surface area contributed by atoms with Crippen LogP contribution in [0.3, 0.4) is 0 Å². The van der Waals surface area contributed by atoms with Crippen LogP contribution >= 0.6 is 11.8 Å². The van der Waals surface area contributed by atoms with Crippen LogP contribution in [0.4, 0.5) is 0 Å². The molecule has 0 bridgehead atoms. The zero-order valence-corrected chi connectivity index (χ0v) is 11.7. The summed E-state index contributed by atoms with van der Waals surface area (Å²) in [6.45, 7) is 6.16. The normalized spacial score (nSPS) is 31.1. The van der Waals surface area contributed by atoms with Crippen LogP contribution in [0.2, 0.25) is 0 Å². The highest BCUT2D eigenvalue weighted by atomic mass is 32.2. The van der Waals surface area contributed by atoms with E-state index < -0.39 is 0 Å². The standard InChI is InChI=1S/C12H25NO2S/c1-5-15-11-8-10(12(11)14-3)13-7-6-9(2)16-4/h9-13H,5-8H2,1-4H3. The fraction of sp³-hybridized carbons (Fsp3) is 1.00. The highest BCUT2D eigenvalue weighted by molar-refractivity contribution is 7.99. The van der Waals surface area contributed by atoms with Crippen molar-refractivity contribution in [3.63, 3.8) is 0 Å². The van der Waals surface area contributed by atoms with E-state index in [0.29, 0.717) is 12.1 Å². The lowest BCUT2D eigenvalue weighted by molar-refractivity contribution is -0.131. The van der Waals surface area contributed by atoms with Crippen molar-refractivity contribution >= 4 is 11.8 Å². The average molecular weight is 247 g/mol. The SMILES string of the molecule is CCOC1CC(NCCC(C)SC)C1OC. The first-order valence-electron chi connectivity index (χ1n) is 6.13. The van der Waals surface area contributed by atoms with Crippen LogP contribution in [0.1, 0.15) is 26.7 Å². The maximum Gasteiger partial charge on any atom is 0.0986 e. The Morgan fingerprint density at radius 2 is 2.25 bits per heavy atom. The molecule has 1 fully saturated rings. The molecule has 1 rings (SSSR count). The first-order chi connectivity index (χ1) is 7.72. The smallest absolute Gasteiger partial charge is 0.0986 e. The van der Waals surface area contributed by atoms with Crippen molar-refractivity contribution in [1.82, 2.24) is 5.32 Å². The Labute approximate surface area is 104 Å². The number of hydrogen-bond donors (Lipinski definition) is 1. The molecule has 1 saturated carbocycles. The Bertz CT molecular complexity index is 192. The van der Waals surface area contributed by atoms with Gasteiger partial charge in [-0.1, -0.05) is 6.92 Å². The minimum absolute atomic E-state index is 0.240. The molecule has 0 amide bonds. The van der Waals surface area contributed by atoms with Crippen molar-refractivity contribution in [2.24, 2.45) is 0 Å². The molecule has 0 aromatic rings. The van der Waals surface area contributed by atoms with E-state index in [4.69, 9.17) is 9.47 Å². The summed E-state index contributed by atoms with van der Waals surface area (Å²) in [5.41, 5.74) is 0. The second kappa shape index (κ2) is 7.54. The van der Waals surface area contributed by atoms with Gasteiger partial charge in [0.15, 0.2) is 0 Å². The Morgan fingerprint density at radius 3 is 2.81 bits per heavy atom. The quantitative estimate of drug-likeness (QED) is 0.710. The summed E-state index contributed by atoms with van der Waals surface area (Å²) in [5.74, 6) is 0. The van der Waals surface area contributed by atoms with Crippen LogP contribution < -0.4 is 5.32 Å². The van der Waals surface area contributed by atoms with E-state index in [1.807, 2.05) is 18.7 Å². The minimum atomic E-state index is 0.240. The maximum absolute atomic E-state index is 5.59. The first kappa shape index (κ1) is 14.3. The molecule has 16 heavy (non-hydrogen) atoms. The molecule has 0 radical (unpaired) electrons. The van der Waals surface area contributed by atoms with Crippen molar-refractivity contribution in [3.05, 3.63) is 0 Å². The lowest BCUT2D eigenvalue weighted by Gasteiger charge is -2.43. The van der Waals surface area contributed by atoms with Gasteiger partial charge in [0.1, 0.15) is 0 Å². The van der Waals surface area contributed by atoms with Crippen molar-refractivity contribution in [3.8, 4) is 0 Å². The van der Waals surface area contributed by atoms with E-state index in [-0.39, 0.29) is 6.10 Å². The van der Waals surface area contributed by atoms with Crippen LogP contribution in [0, 0.1) is 0 Å². The molecule has 4 atom stereocenters. The summed E-state index contributed by atoms with van der Waals surface area (Å²) in [6, 6.07) is 0.482. The third-order valence-electron chi connectivity index (χ3n) is 3.26. The van der Waals surface area contributed by atoms with Crippen LogP contribution in [-0.2, 0) is 9.47 Å². The molecular formula is C12H25NO2S. The molecule has 0 aromatic carbocycles. The van der Waals surface area contributed by atoms with Crippen LogP contribution in [0.5, 0.6) is 0 Å². The van der Waals surface area contributed by atoms with Gasteiger partial charge < -0.3 is 14.8 Å².